The van der Waals surface area contributed by atoms with Gasteiger partial charge in [0.15, 0.2) is 0 Å². The molecule has 1 aromatic heterocycles. The molecule has 0 saturated carbocycles. The number of morpholine rings is 1. The van der Waals surface area contributed by atoms with Crippen LogP contribution in [0.2, 0.25) is 0 Å². The number of hydrogen-bond donors (Lipinski definition) is 1. The van der Waals surface area contributed by atoms with E-state index in [1.54, 1.807) is 6.08 Å². The van der Waals surface area contributed by atoms with Crippen molar-refractivity contribution in [3.05, 3.63) is 77.6 Å². The van der Waals surface area contributed by atoms with Crippen LogP contribution in [-0.2, 0) is 9.53 Å². The third kappa shape index (κ3) is 4.44. The quantitative estimate of drug-likeness (QED) is 0.656. The number of carbonyl (C=O) groups is 1. The van der Waals surface area contributed by atoms with Gasteiger partial charge >= 0.3 is 0 Å². The number of nitrogens with zero attached hydrogens (tertiary/aromatic N) is 3. The molecule has 1 N–H and O–H groups in total. The van der Waals surface area contributed by atoms with Gasteiger partial charge in [-0.3, -0.25) is 4.79 Å². The maximum atomic E-state index is 12.4. The number of rotatable bonds is 5. The summed E-state index contributed by atoms with van der Waals surface area (Å²) in [5.74, 6) is -0.166. The van der Waals surface area contributed by atoms with Crippen LogP contribution in [0.1, 0.15) is 17.0 Å². The molecule has 0 bridgehead atoms. The Balaban J connectivity index is 1.42. The highest BCUT2D eigenvalue weighted by Gasteiger charge is 2.12. The molecule has 0 atom stereocenters. The molecule has 154 valence electrons. The molecule has 2 aromatic carbocycles. The van der Waals surface area contributed by atoms with Crippen molar-refractivity contribution in [1.29, 1.82) is 0 Å². The van der Waals surface area contributed by atoms with Gasteiger partial charge in [0.25, 0.3) is 0 Å². The molecule has 0 aliphatic carbocycles. The van der Waals surface area contributed by atoms with E-state index in [1.165, 1.54) is 0 Å². The Morgan fingerprint density at radius 1 is 1.00 bits per heavy atom. The Morgan fingerprint density at radius 2 is 1.70 bits per heavy atom. The molecule has 0 unspecified atom stereocenters. The molecule has 0 radical (unpaired) electrons. The molecular weight excluding hydrogens is 376 g/mol. The Morgan fingerprint density at radius 3 is 2.40 bits per heavy atom. The topological polar surface area (TPSA) is 59.4 Å². The molecular formula is C24H26N4O2. The maximum Gasteiger partial charge on any atom is 0.248 e. The van der Waals surface area contributed by atoms with E-state index in [0.717, 1.165) is 60.3 Å². The van der Waals surface area contributed by atoms with Gasteiger partial charge in [0.2, 0.25) is 5.91 Å². The molecule has 6 nitrogen and oxygen atoms in total. The summed E-state index contributed by atoms with van der Waals surface area (Å²) in [6.07, 6.45) is 3.39. The van der Waals surface area contributed by atoms with Crippen LogP contribution < -0.4 is 10.2 Å². The fourth-order valence-electron chi connectivity index (χ4n) is 3.64. The zero-order chi connectivity index (χ0) is 20.9. The van der Waals surface area contributed by atoms with E-state index in [4.69, 9.17) is 4.74 Å². The molecule has 1 amide bonds. The first kappa shape index (κ1) is 19.9. The lowest BCUT2D eigenvalue weighted by Gasteiger charge is -2.28. The van der Waals surface area contributed by atoms with E-state index >= 15 is 0 Å². The minimum atomic E-state index is -0.166. The van der Waals surface area contributed by atoms with Crippen molar-refractivity contribution in [2.75, 3.05) is 36.5 Å². The Kier molecular flexibility index (Phi) is 5.95. The van der Waals surface area contributed by atoms with Crippen LogP contribution in [0.3, 0.4) is 0 Å². The molecule has 4 rings (SSSR count). The summed E-state index contributed by atoms with van der Waals surface area (Å²) in [5, 5.41) is 7.54. The zero-order valence-corrected chi connectivity index (χ0v) is 17.3. The second-order valence-electron chi connectivity index (χ2n) is 7.30. The highest BCUT2D eigenvalue weighted by atomic mass is 16.5. The Hall–Kier alpha value is -3.38. The molecule has 1 saturated heterocycles. The number of hydrogen-bond acceptors (Lipinski definition) is 4. The smallest absolute Gasteiger partial charge is 0.248 e. The predicted molar refractivity (Wildman–Crippen MR) is 120 cm³/mol. The van der Waals surface area contributed by atoms with Gasteiger partial charge in [-0.25, -0.2) is 4.68 Å². The second kappa shape index (κ2) is 8.97. The van der Waals surface area contributed by atoms with Crippen LogP contribution >= 0.6 is 0 Å². The lowest BCUT2D eigenvalue weighted by molar-refractivity contribution is -0.111. The summed E-state index contributed by atoms with van der Waals surface area (Å²) in [5.41, 5.74) is 5.76. The molecule has 6 heteroatoms. The summed E-state index contributed by atoms with van der Waals surface area (Å²) in [6.45, 7) is 7.25. The normalized spacial score (nSPS) is 14.3. The minimum Gasteiger partial charge on any atom is -0.378 e. The third-order valence-electron chi connectivity index (χ3n) is 5.26. The molecule has 1 aliphatic heterocycles. The fourth-order valence-corrected chi connectivity index (χ4v) is 3.64. The third-order valence-corrected chi connectivity index (χ3v) is 5.26. The first-order valence-corrected chi connectivity index (χ1v) is 10.2. The number of amides is 1. The second-order valence-corrected chi connectivity index (χ2v) is 7.30. The number of benzene rings is 2. The highest BCUT2D eigenvalue weighted by Crippen LogP contribution is 2.21. The van der Waals surface area contributed by atoms with Gasteiger partial charge in [0, 0.05) is 41.8 Å². The van der Waals surface area contributed by atoms with Crippen molar-refractivity contribution in [3.63, 3.8) is 0 Å². The van der Waals surface area contributed by atoms with E-state index < -0.39 is 0 Å². The predicted octanol–water partition coefficient (Wildman–Crippen LogP) is 3.98. The van der Waals surface area contributed by atoms with Gasteiger partial charge in [-0.1, -0.05) is 18.2 Å². The average Bonchev–Trinajstić information content (AvgIpc) is 3.07. The Bertz CT molecular complexity index is 1030. The first-order chi connectivity index (χ1) is 14.6. The summed E-state index contributed by atoms with van der Waals surface area (Å²) in [6, 6.07) is 17.9. The number of nitrogens with one attached hydrogen (secondary N) is 1. The van der Waals surface area contributed by atoms with E-state index in [0.29, 0.717) is 0 Å². The molecule has 0 spiro atoms. The van der Waals surface area contributed by atoms with Gasteiger partial charge in [0.1, 0.15) is 0 Å². The number of anilines is 2. The van der Waals surface area contributed by atoms with Crippen molar-refractivity contribution in [1.82, 2.24) is 9.78 Å². The average molecular weight is 402 g/mol. The van der Waals surface area contributed by atoms with Gasteiger partial charge in [-0.2, -0.15) is 5.10 Å². The molecule has 30 heavy (non-hydrogen) atoms. The Labute approximate surface area is 176 Å². The standard InChI is InChI=1S/C24H26N4O2/c1-18-23(19(2)28(26-18)22-6-4-3-5-7-22)12-13-24(29)25-20-8-10-21(11-9-20)27-14-16-30-17-15-27/h3-13H,14-17H2,1-2H3,(H,25,29)/b13-12+. The van der Waals surface area contributed by atoms with Gasteiger partial charge in [-0.15, -0.1) is 0 Å². The minimum absolute atomic E-state index is 0.166. The number of aromatic nitrogens is 2. The van der Waals surface area contributed by atoms with Crippen molar-refractivity contribution in [2.24, 2.45) is 0 Å². The summed E-state index contributed by atoms with van der Waals surface area (Å²) in [7, 11) is 0. The molecule has 3 aromatic rings. The highest BCUT2D eigenvalue weighted by molar-refractivity contribution is 6.02. The zero-order valence-electron chi connectivity index (χ0n) is 17.3. The first-order valence-electron chi connectivity index (χ1n) is 10.2. The van der Waals surface area contributed by atoms with Gasteiger partial charge in [0.05, 0.1) is 24.6 Å². The summed E-state index contributed by atoms with van der Waals surface area (Å²) in [4.78, 5) is 14.7. The summed E-state index contributed by atoms with van der Waals surface area (Å²) < 4.78 is 7.29. The lowest BCUT2D eigenvalue weighted by atomic mass is 10.2. The van der Waals surface area contributed by atoms with Crippen LogP contribution in [0.15, 0.2) is 60.7 Å². The van der Waals surface area contributed by atoms with E-state index in [9.17, 15) is 4.79 Å². The van der Waals surface area contributed by atoms with E-state index in [-0.39, 0.29) is 5.91 Å². The number of aryl methyl sites for hydroxylation is 1. The van der Waals surface area contributed by atoms with Gasteiger partial charge < -0.3 is 15.0 Å². The number of ether oxygens (including phenoxy) is 1. The fraction of sp³-hybridized carbons (Fsp3) is 0.250. The van der Waals surface area contributed by atoms with Gasteiger partial charge in [-0.05, 0) is 56.3 Å². The maximum absolute atomic E-state index is 12.4. The monoisotopic (exact) mass is 402 g/mol. The van der Waals surface area contributed by atoms with E-state index in [2.05, 4.69) is 15.3 Å². The van der Waals surface area contributed by atoms with Crippen molar-refractivity contribution in [3.8, 4) is 5.69 Å². The van der Waals surface area contributed by atoms with Crippen molar-refractivity contribution < 1.29 is 9.53 Å². The molecule has 2 heterocycles. The van der Waals surface area contributed by atoms with Crippen LogP contribution in [0.25, 0.3) is 11.8 Å². The van der Waals surface area contributed by atoms with Crippen molar-refractivity contribution in [2.45, 2.75) is 13.8 Å². The largest absolute Gasteiger partial charge is 0.378 e. The van der Waals surface area contributed by atoms with Crippen molar-refractivity contribution >= 4 is 23.4 Å². The van der Waals surface area contributed by atoms with Crippen LogP contribution in [-0.4, -0.2) is 42.0 Å². The van der Waals surface area contributed by atoms with Crippen LogP contribution in [0.5, 0.6) is 0 Å². The SMILES string of the molecule is Cc1nn(-c2ccccc2)c(C)c1/C=C/C(=O)Nc1ccc(N2CCOCC2)cc1. The molecule has 1 fully saturated rings. The lowest BCUT2D eigenvalue weighted by Crippen LogP contribution is -2.36. The van der Waals surface area contributed by atoms with Crippen LogP contribution in [0, 0.1) is 13.8 Å². The summed E-state index contributed by atoms with van der Waals surface area (Å²) >= 11 is 0. The molecule has 1 aliphatic rings. The number of carbonyl (C=O) groups excluding carboxylic acids is 1. The van der Waals surface area contributed by atoms with E-state index in [1.807, 2.05) is 79.2 Å². The van der Waals surface area contributed by atoms with Crippen LogP contribution in [0.4, 0.5) is 11.4 Å². The number of para-hydroxylation sites is 1.